The number of carbonyl (C=O) groups is 1. The number of hydrogen-bond acceptors (Lipinski definition) is 4. The molecule has 4 aliphatic carbocycles. The Morgan fingerprint density at radius 2 is 1.86 bits per heavy atom. The summed E-state index contributed by atoms with van der Waals surface area (Å²) in [7, 11) is 0. The molecule has 42 heavy (non-hydrogen) atoms. The van der Waals surface area contributed by atoms with Crippen LogP contribution < -0.4 is 4.90 Å². The van der Waals surface area contributed by atoms with Gasteiger partial charge in [0.15, 0.2) is 5.78 Å². The van der Waals surface area contributed by atoms with Gasteiger partial charge >= 0.3 is 6.18 Å². The summed E-state index contributed by atoms with van der Waals surface area (Å²) in [5, 5.41) is 3.19. The van der Waals surface area contributed by atoms with E-state index in [0.717, 1.165) is 48.3 Å². The maximum atomic E-state index is 16.0. The van der Waals surface area contributed by atoms with Gasteiger partial charge < -0.3 is 4.90 Å². The molecule has 0 amide bonds. The minimum absolute atomic E-state index is 0.0986. The van der Waals surface area contributed by atoms with E-state index in [1.54, 1.807) is 13.0 Å². The average molecular weight is 583 g/mol. The molecule has 0 aromatic heterocycles. The van der Waals surface area contributed by atoms with Crippen molar-refractivity contribution in [3.05, 3.63) is 57.5 Å². The van der Waals surface area contributed by atoms with Crippen LogP contribution in [0.3, 0.4) is 0 Å². The lowest BCUT2D eigenvalue weighted by molar-refractivity contribution is -0.132. The number of fused-ring (bicyclic) bond motifs is 4. The minimum atomic E-state index is -4.71. The topological polar surface area (TPSA) is 49.7 Å². The maximum Gasteiger partial charge on any atom is 0.457 e. The van der Waals surface area contributed by atoms with Crippen molar-refractivity contribution in [2.24, 2.45) is 27.8 Å². The molecule has 3 fully saturated rings. The number of allylic oxidation sites excluding steroid dienone is 3. The zero-order chi connectivity index (χ0) is 29.9. The van der Waals surface area contributed by atoms with Gasteiger partial charge in [-0.1, -0.05) is 48.7 Å². The lowest BCUT2D eigenvalue weighted by Crippen LogP contribution is -2.51. The molecule has 7 atom stereocenters. The normalized spacial score (nSPS) is 35.9. The number of nitrogens with zero attached hydrogens (tertiary/aromatic N) is 2. The Morgan fingerprint density at radius 3 is 2.50 bits per heavy atom. The van der Waals surface area contributed by atoms with E-state index in [1.807, 2.05) is 6.92 Å². The summed E-state index contributed by atoms with van der Waals surface area (Å²) in [6.07, 6.45) is 0.624. The highest BCUT2D eigenvalue weighted by molar-refractivity contribution is 5.89. The summed E-state index contributed by atoms with van der Waals surface area (Å²) in [5.74, 6) is 3.19. The Balaban J connectivity index is 1.51. The van der Waals surface area contributed by atoms with Crippen molar-refractivity contribution < 1.29 is 22.4 Å². The van der Waals surface area contributed by atoms with Crippen LogP contribution in [0.1, 0.15) is 83.1 Å². The fourth-order valence-electron chi connectivity index (χ4n) is 9.27. The molecule has 5 aliphatic rings. The van der Waals surface area contributed by atoms with Gasteiger partial charge in [0.2, 0.25) is 0 Å². The zero-order valence-electron chi connectivity index (χ0n) is 24.3. The number of benzene rings is 1. The third-order valence-corrected chi connectivity index (χ3v) is 11.2. The van der Waals surface area contributed by atoms with Gasteiger partial charge in [-0.05, 0) is 97.5 Å². The second-order valence-corrected chi connectivity index (χ2v) is 13.1. The fourth-order valence-corrected chi connectivity index (χ4v) is 9.27. The van der Waals surface area contributed by atoms with Crippen LogP contribution in [0.2, 0.25) is 0 Å². The first-order valence-electron chi connectivity index (χ1n) is 15.4. The van der Waals surface area contributed by atoms with E-state index >= 15 is 4.39 Å². The highest BCUT2D eigenvalue weighted by Crippen LogP contribution is 2.70. The summed E-state index contributed by atoms with van der Waals surface area (Å²) in [5.41, 5.74) is 2.55. The number of ketones is 1. The predicted molar refractivity (Wildman–Crippen MR) is 155 cm³/mol. The quantitative estimate of drug-likeness (QED) is 0.200. The smallest absolute Gasteiger partial charge is 0.372 e. The molecule has 0 N–H and O–H groups in total. The molecule has 224 valence electrons. The van der Waals surface area contributed by atoms with E-state index in [2.05, 4.69) is 40.3 Å². The van der Waals surface area contributed by atoms with Crippen molar-refractivity contribution in [2.45, 2.75) is 95.9 Å². The van der Waals surface area contributed by atoms with Gasteiger partial charge in [0.1, 0.15) is 12.2 Å². The third-order valence-electron chi connectivity index (χ3n) is 11.2. The summed E-state index contributed by atoms with van der Waals surface area (Å²) >= 11 is 0. The van der Waals surface area contributed by atoms with Crippen LogP contribution in [-0.2, 0) is 4.79 Å². The van der Waals surface area contributed by atoms with Crippen LogP contribution in [0.25, 0.3) is 0 Å². The molecule has 0 bridgehead atoms. The van der Waals surface area contributed by atoms with Crippen LogP contribution in [0.4, 0.5) is 23.2 Å². The van der Waals surface area contributed by atoms with Crippen molar-refractivity contribution in [1.82, 2.24) is 0 Å². The van der Waals surface area contributed by atoms with Gasteiger partial charge in [-0.25, -0.2) is 4.39 Å². The summed E-state index contributed by atoms with van der Waals surface area (Å²) in [6.45, 7) is 5.66. The minimum Gasteiger partial charge on any atom is -0.372 e. The largest absolute Gasteiger partial charge is 0.457 e. The van der Waals surface area contributed by atoms with E-state index in [9.17, 15) is 22.9 Å². The number of Topliss-reactive ketones (excluding diaryl/α,β-unsaturated/α-hetero) is 1. The van der Waals surface area contributed by atoms with E-state index < -0.39 is 29.2 Å². The van der Waals surface area contributed by atoms with Crippen LogP contribution in [0, 0.1) is 39.4 Å². The highest BCUT2D eigenvalue weighted by Gasteiger charge is 2.65. The van der Waals surface area contributed by atoms with Gasteiger partial charge in [0.05, 0.1) is 5.41 Å². The molecule has 8 heteroatoms. The van der Waals surface area contributed by atoms with Crippen molar-refractivity contribution >= 4 is 11.5 Å². The van der Waals surface area contributed by atoms with Crippen LogP contribution in [0.5, 0.6) is 0 Å². The van der Waals surface area contributed by atoms with Gasteiger partial charge in [-0.3, -0.25) is 4.79 Å². The van der Waals surface area contributed by atoms with E-state index in [4.69, 9.17) is 0 Å². The molecule has 0 spiro atoms. The number of halogens is 4. The second kappa shape index (κ2) is 10.6. The molecule has 3 unspecified atom stereocenters. The molecular formula is C34H38F4N2O2. The van der Waals surface area contributed by atoms with Crippen LogP contribution in [-0.4, -0.2) is 37.3 Å². The van der Waals surface area contributed by atoms with Gasteiger partial charge in [0, 0.05) is 37.0 Å². The van der Waals surface area contributed by atoms with E-state index in [-0.39, 0.29) is 42.8 Å². The van der Waals surface area contributed by atoms with Crippen molar-refractivity contribution in [3.63, 3.8) is 0 Å². The summed E-state index contributed by atoms with van der Waals surface area (Å²) in [4.78, 5) is 27.4. The SMILES string of the molecule is CCC(=O)[C@@]1(C#CC(F)(F)F)CC[C@H]2[C@@H]3CC(F)C4=CC(N=O)CCC4=C3C(c3ccc(N4CCCC4)cc3)C[C@@]21C. The monoisotopic (exact) mass is 582 g/mol. The molecular weight excluding hydrogens is 544 g/mol. The van der Waals surface area contributed by atoms with E-state index in [0.29, 0.717) is 31.3 Å². The Kier molecular flexibility index (Phi) is 7.38. The Labute approximate surface area is 245 Å². The Bertz CT molecular complexity index is 1380. The molecule has 4 nitrogen and oxygen atoms in total. The Morgan fingerprint density at radius 1 is 1.14 bits per heavy atom. The second-order valence-electron chi connectivity index (χ2n) is 13.1. The van der Waals surface area contributed by atoms with E-state index in [1.165, 1.54) is 5.92 Å². The maximum absolute atomic E-state index is 16.0. The first kappa shape index (κ1) is 29.1. The number of alkyl halides is 4. The lowest BCUT2D eigenvalue weighted by Gasteiger charge is -2.55. The molecule has 1 aromatic carbocycles. The average Bonchev–Trinajstić information content (AvgIpc) is 3.62. The first-order chi connectivity index (χ1) is 20.0. The molecule has 2 saturated carbocycles. The molecule has 1 heterocycles. The van der Waals surface area contributed by atoms with Gasteiger partial charge in [-0.15, -0.1) is 0 Å². The third kappa shape index (κ3) is 4.62. The van der Waals surface area contributed by atoms with Crippen molar-refractivity contribution in [3.8, 4) is 11.8 Å². The lowest BCUT2D eigenvalue weighted by atomic mass is 9.48. The van der Waals surface area contributed by atoms with Gasteiger partial charge in [0.25, 0.3) is 0 Å². The molecule has 1 aliphatic heterocycles. The number of anilines is 1. The zero-order valence-corrected chi connectivity index (χ0v) is 24.3. The van der Waals surface area contributed by atoms with Crippen LogP contribution in [0.15, 0.2) is 52.2 Å². The number of nitroso groups, excluding NO2 is 1. The molecule has 1 aromatic rings. The standard InChI is InChI=1S/C34H38F4N2O2/c1-3-30(41)33(14-15-34(36,37)38)13-12-28-26-19-29(35)25-18-22(39-42)8-11-24(25)31(26)27(20-32(28,33)2)21-6-9-23(10-7-21)40-16-4-5-17-40/h6-7,9-10,18,22,26-29H,3-5,8,11-13,16-17,19-20H2,1-2H3/t22?,26-,27?,28-,29?,32-,33-/m0/s1. The summed E-state index contributed by atoms with van der Waals surface area (Å²) < 4.78 is 56.4. The summed E-state index contributed by atoms with van der Waals surface area (Å²) in [6, 6.07) is 7.89. The van der Waals surface area contributed by atoms with Crippen LogP contribution >= 0.6 is 0 Å². The van der Waals surface area contributed by atoms with Crippen molar-refractivity contribution in [2.75, 3.05) is 18.0 Å². The number of rotatable bonds is 5. The van der Waals surface area contributed by atoms with Gasteiger partial charge in [-0.2, -0.15) is 18.1 Å². The number of carbonyl (C=O) groups excluding carboxylic acids is 1. The highest BCUT2D eigenvalue weighted by atomic mass is 19.4. The number of hydrogen-bond donors (Lipinski definition) is 0. The molecule has 0 radical (unpaired) electrons. The molecule has 1 saturated heterocycles. The van der Waals surface area contributed by atoms with Crippen molar-refractivity contribution in [1.29, 1.82) is 0 Å². The predicted octanol–water partition coefficient (Wildman–Crippen LogP) is 8.23. The fraction of sp³-hybridized carbons (Fsp3) is 0.618. The molecule has 6 rings (SSSR count). The Hall–Kier alpha value is -2.95. The first-order valence-corrected chi connectivity index (χ1v) is 15.4.